The molecule has 0 aliphatic heterocycles. The minimum absolute atomic E-state index is 0.00879. The van der Waals surface area contributed by atoms with E-state index in [0.717, 1.165) is 34.1 Å². The van der Waals surface area contributed by atoms with E-state index in [2.05, 4.69) is 306 Å². The largest absolute Gasteiger partial charge is 0.309 e. The first-order chi connectivity index (χ1) is 39.4. The fourth-order valence-corrected chi connectivity index (χ4v) is 15.7. The average Bonchev–Trinajstić information content (AvgIpc) is 3.55. The summed E-state index contributed by atoms with van der Waals surface area (Å²) in [4.78, 5) is 5.12. The van der Waals surface area contributed by atoms with E-state index < -0.39 is 5.41 Å². The van der Waals surface area contributed by atoms with Crippen molar-refractivity contribution >= 4 is 119 Å². The Kier molecular flexibility index (Phi) is 11.3. The van der Waals surface area contributed by atoms with Crippen molar-refractivity contribution in [2.45, 2.75) is 57.8 Å². The molecule has 0 saturated carbocycles. The van der Waals surface area contributed by atoms with E-state index in [4.69, 9.17) is 0 Å². The number of hydrogen-bond donors (Lipinski definition) is 0. The van der Waals surface area contributed by atoms with Crippen molar-refractivity contribution in [1.82, 2.24) is 0 Å². The second kappa shape index (κ2) is 18.6. The summed E-state index contributed by atoms with van der Waals surface area (Å²) in [6.07, 6.45) is 0. The Labute approximate surface area is 482 Å². The number of anilines is 6. The van der Waals surface area contributed by atoms with Gasteiger partial charge in [-0.2, -0.15) is 0 Å². The third-order valence-corrected chi connectivity index (χ3v) is 19.6. The third-order valence-electron chi connectivity index (χ3n) is 17.2. The van der Waals surface area contributed by atoms with Crippen LogP contribution < -0.4 is 9.80 Å². The summed E-state index contributed by atoms with van der Waals surface area (Å²) in [6, 6.07) is 96.7. The van der Waals surface area contributed by atoms with Gasteiger partial charge in [0, 0.05) is 53.7 Å². The molecule has 14 aromatic rings. The molecule has 15 rings (SSSR count). The Morgan fingerprint density at radius 3 is 1.06 bits per heavy atom. The van der Waals surface area contributed by atoms with Crippen LogP contribution >= 0.6 is 22.7 Å². The van der Waals surface area contributed by atoms with E-state index in [-0.39, 0.29) is 10.8 Å². The minimum Gasteiger partial charge on any atom is -0.309 e. The highest BCUT2D eigenvalue weighted by molar-refractivity contribution is 7.27. The van der Waals surface area contributed by atoms with Gasteiger partial charge in [0.05, 0.1) is 26.2 Å². The monoisotopic (exact) mass is 1080 g/mol. The lowest BCUT2D eigenvalue weighted by atomic mass is 9.67. The molecule has 0 spiro atoms. The fraction of sp³-hybridized carbons (Fsp3) is 0.117. The molecule has 1 aliphatic rings. The lowest BCUT2D eigenvalue weighted by Gasteiger charge is -2.36. The minimum atomic E-state index is -0.790. The van der Waals surface area contributed by atoms with E-state index >= 15 is 0 Å². The van der Waals surface area contributed by atoms with Crippen LogP contribution in [0.25, 0.3) is 73.0 Å². The predicted octanol–water partition coefficient (Wildman–Crippen LogP) is 22.6. The maximum Gasteiger partial charge on any atom is 0.0715 e. The number of thiophene rings is 2. The quantitative estimate of drug-likeness (QED) is 0.150. The molecule has 0 saturated heterocycles. The average molecular weight is 1080 g/mol. The van der Waals surface area contributed by atoms with Gasteiger partial charge < -0.3 is 9.80 Å². The number of benzene rings is 12. The summed E-state index contributed by atoms with van der Waals surface area (Å²) in [5.74, 6) is 0. The van der Waals surface area contributed by atoms with Gasteiger partial charge in [-0.05, 0) is 150 Å². The summed E-state index contributed by atoms with van der Waals surface area (Å²) in [5.41, 5.74) is 16.2. The second-order valence-corrected chi connectivity index (χ2v) is 26.2. The molecule has 81 heavy (non-hydrogen) atoms. The van der Waals surface area contributed by atoms with Gasteiger partial charge in [-0.15, -0.1) is 22.7 Å². The zero-order valence-electron chi connectivity index (χ0n) is 46.5. The molecule has 0 atom stereocenters. The molecule has 0 bridgehead atoms. The summed E-state index contributed by atoms with van der Waals surface area (Å²) in [6.45, 7) is 13.8. The van der Waals surface area contributed by atoms with Crippen LogP contribution in [-0.4, -0.2) is 0 Å². The normalized spacial score (nSPS) is 13.2. The molecular formula is C77H60N2S2. The summed E-state index contributed by atoms with van der Waals surface area (Å²) < 4.78 is 5.07. The van der Waals surface area contributed by atoms with Gasteiger partial charge in [-0.25, -0.2) is 0 Å². The number of nitrogens with zero attached hydrogens (tertiary/aromatic N) is 2. The topological polar surface area (TPSA) is 6.48 Å². The fourth-order valence-electron chi connectivity index (χ4n) is 13.2. The van der Waals surface area contributed by atoms with Gasteiger partial charge in [-0.1, -0.05) is 224 Å². The molecule has 2 heterocycles. The highest BCUT2D eigenvalue weighted by Crippen LogP contribution is 2.65. The molecule has 2 nitrogen and oxygen atoms in total. The molecule has 0 radical (unpaired) electrons. The number of hydrogen-bond acceptors (Lipinski definition) is 4. The van der Waals surface area contributed by atoms with E-state index in [1.807, 2.05) is 22.7 Å². The van der Waals surface area contributed by atoms with Crippen molar-refractivity contribution in [3.05, 3.63) is 288 Å². The summed E-state index contributed by atoms with van der Waals surface area (Å²) in [7, 11) is 0. The Morgan fingerprint density at radius 1 is 0.321 bits per heavy atom. The van der Waals surface area contributed by atoms with E-state index in [9.17, 15) is 0 Å². The van der Waals surface area contributed by atoms with Crippen LogP contribution in [0.3, 0.4) is 0 Å². The molecule has 2 aromatic heterocycles. The van der Waals surface area contributed by atoms with Crippen LogP contribution in [0.1, 0.15) is 74.9 Å². The van der Waals surface area contributed by atoms with E-state index in [1.54, 1.807) is 0 Å². The van der Waals surface area contributed by atoms with Crippen molar-refractivity contribution in [3.63, 3.8) is 0 Å². The lowest BCUT2D eigenvalue weighted by molar-refractivity contribution is 0.590. The Balaban J connectivity index is 1.13. The van der Waals surface area contributed by atoms with Gasteiger partial charge in [0.25, 0.3) is 0 Å². The zero-order valence-corrected chi connectivity index (χ0v) is 48.1. The first kappa shape index (κ1) is 49.3. The van der Waals surface area contributed by atoms with Crippen LogP contribution in [0.2, 0.25) is 0 Å². The standard InChI is InChI=1S/C77H60N2S2/c1-75(2,3)53-35-41-57(42-36-53)78(59-39-33-49-21-13-15-23-51(49)45-59)65-47-63-71(69-61-29-17-19-31-67(61)80-73(65)69)72-64(77(63,55-25-9-7-10-26-55)56-27-11-8-12-28-56)48-66(74-70(72)62-30-18-20-32-68(62)81-74)79(58-43-37-54(38-44-58)76(4,5)6)60-40-34-50-22-14-16-24-52(50)46-60/h7-48H,1-6H3. The third kappa shape index (κ3) is 7.79. The molecule has 390 valence electrons. The molecule has 4 heteroatoms. The summed E-state index contributed by atoms with van der Waals surface area (Å²) >= 11 is 3.84. The highest BCUT2D eigenvalue weighted by Gasteiger charge is 2.50. The SMILES string of the molecule is CC(C)(C)c1ccc(N(c2ccc3ccccc3c2)c2cc3c(c4c2sc2ccccc24)-c2c(cc(N(c4ccc(C(C)(C)C)cc4)c4ccc5ccccc5c4)c4sc5ccccc5c24)C3(c2ccccc2)c2ccccc2)cc1. The van der Waals surface area contributed by atoms with Gasteiger partial charge in [0.15, 0.2) is 0 Å². The van der Waals surface area contributed by atoms with Crippen LogP contribution in [0.4, 0.5) is 34.1 Å². The Hall–Kier alpha value is -8.80. The maximum atomic E-state index is 2.62. The van der Waals surface area contributed by atoms with Crippen molar-refractivity contribution < 1.29 is 0 Å². The van der Waals surface area contributed by atoms with E-state index in [1.165, 1.54) is 106 Å². The van der Waals surface area contributed by atoms with Gasteiger partial charge >= 0.3 is 0 Å². The van der Waals surface area contributed by atoms with Gasteiger partial charge in [0.1, 0.15) is 0 Å². The molecule has 0 unspecified atom stereocenters. The number of rotatable bonds is 8. The first-order valence-electron chi connectivity index (χ1n) is 28.3. The van der Waals surface area contributed by atoms with E-state index in [0.29, 0.717) is 0 Å². The zero-order chi connectivity index (χ0) is 54.8. The molecule has 1 aliphatic carbocycles. The Morgan fingerprint density at radius 2 is 0.667 bits per heavy atom. The van der Waals surface area contributed by atoms with Crippen LogP contribution in [0.15, 0.2) is 255 Å². The molecular weight excluding hydrogens is 1020 g/mol. The van der Waals surface area contributed by atoms with Crippen molar-refractivity contribution in [1.29, 1.82) is 0 Å². The first-order valence-corrected chi connectivity index (χ1v) is 29.9. The number of fused-ring (bicyclic) bond motifs is 13. The molecule has 12 aromatic carbocycles. The van der Waals surface area contributed by atoms with Gasteiger partial charge in [-0.3, -0.25) is 0 Å². The van der Waals surface area contributed by atoms with Crippen LogP contribution in [0.5, 0.6) is 0 Å². The molecule has 0 amide bonds. The molecule has 0 N–H and O–H groups in total. The van der Waals surface area contributed by atoms with Crippen LogP contribution in [0, 0.1) is 0 Å². The van der Waals surface area contributed by atoms with Crippen molar-refractivity contribution in [2.24, 2.45) is 0 Å². The van der Waals surface area contributed by atoms with Crippen molar-refractivity contribution in [2.75, 3.05) is 9.80 Å². The predicted molar refractivity (Wildman–Crippen MR) is 351 cm³/mol. The summed E-state index contributed by atoms with van der Waals surface area (Å²) in [5, 5.41) is 9.99. The van der Waals surface area contributed by atoms with Crippen LogP contribution in [-0.2, 0) is 16.2 Å². The lowest BCUT2D eigenvalue weighted by Crippen LogP contribution is -2.29. The smallest absolute Gasteiger partial charge is 0.0715 e. The van der Waals surface area contributed by atoms with Crippen molar-refractivity contribution in [3.8, 4) is 11.1 Å². The molecule has 0 fully saturated rings. The Bertz CT molecular complexity index is 4460. The maximum absolute atomic E-state index is 2.62. The van der Waals surface area contributed by atoms with Gasteiger partial charge in [0.2, 0.25) is 0 Å². The highest BCUT2D eigenvalue weighted by atomic mass is 32.1. The second-order valence-electron chi connectivity index (χ2n) is 24.1.